The van der Waals surface area contributed by atoms with Crippen molar-refractivity contribution >= 4 is 5.91 Å². The number of pyridine rings is 1. The topological polar surface area (TPSA) is 59.2 Å². The molecule has 0 aliphatic carbocycles. The molecule has 2 N–H and O–H groups in total. The van der Waals surface area contributed by atoms with Crippen molar-refractivity contribution in [3.05, 3.63) is 29.1 Å². The Labute approximate surface area is 109 Å². The number of carbonyl (C=O) groups excluding carboxylic acids is 1. The van der Waals surface area contributed by atoms with Crippen LogP contribution in [0.15, 0.2) is 12.1 Å². The quantitative estimate of drug-likeness (QED) is 0.884. The van der Waals surface area contributed by atoms with Gasteiger partial charge in [0, 0.05) is 19.3 Å². The second kappa shape index (κ2) is 5.48. The molecule has 0 aliphatic heterocycles. The molecule has 4 nitrogen and oxygen atoms in total. The summed E-state index contributed by atoms with van der Waals surface area (Å²) >= 11 is 0. The lowest BCUT2D eigenvalue weighted by atomic mass is 9.93. The maximum atomic E-state index is 12.3. The summed E-state index contributed by atoms with van der Waals surface area (Å²) < 4.78 is 0. The number of rotatable bonds is 4. The lowest BCUT2D eigenvalue weighted by Crippen LogP contribution is -2.40. The van der Waals surface area contributed by atoms with Crippen LogP contribution in [-0.4, -0.2) is 35.9 Å². The first kappa shape index (κ1) is 14.6. The molecule has 0 atom stereocenters. The Hall–Kier alpha value is -1.42. The van der Waals surface area contributed by atoms with Crippen molar-refractivity contribution in [2.45, 2.75) is 27.7 Å². The number of hydrogen-bond acceptors (Lipinski definition) is 3. The van der Waals surface area contributed by atoms with Gasteiger partial charge in [0.05, 0.1) is 0 Å². The number of carbonyl (C=O) groups is 1. The van der Waals surface area contributed by atoms with E-state index in [-0.39, 0.29) is 11.3 Å². The molecule has 0 spiro atoms. The summed E-state index contributed by atoms with van der Waals surface area (Å²) in [7, 11) is 1.79. The maximum absolute atomic E-state index is 12.3. The highest BCUT2D eigenvalue weighted by Gasteiger charge is 2.22. The fourth-order valence-corrected chi connectivity index (χ4v) is 1.92. The van der Waals surface area contributed by atoms with Gasteiger partial charge in [-0.2, -0.15) is 0 Å². The van der Waals surface area contributed by atoms with Gasteiger partial charge in [-0.15, -0.1) is 0 Å². The normalized spacial score (nSPS) is 11.4. The number of hydrogen-bond donors (Lipinski definition) is 1. The van der Waals surface area contributed by atoms with Crippen LogP contribution in [0.25, 0.3) is 0 Å². The van der Waals surface area contributed by atoms with E-state index in [1.807, 2.05) is 39.8 Å². The zero-order valence-corrected chi connectivity index (χ0v) is 11.9. The van der Waals surface area contributed by atoms with Crippen LogP contribution < -0.4 is 5.73 Å². The third kappa shape index (κ3) is 3.81. The molecule has 0 aromatic carbocycles. The van der Waals surface area contributed by atoms with Crippen LogP contribution in [0.4, 0.5) is 0 Å². The van der Waals surface area contributed by atoms with E-state index in [0.29, 0.717) is 18.8 Å². The average molecular weight is 249 g/mol. The molecule has 1 aromatic rings. The smallest absolute Gasteiger partial charge is 0.272 e. The van der Waals surface area contributed by atoms with Crippen LogP contribution in [0, 0.1) is 19.3 Å². The van der Waals surface area contributed by atoms with E-state index in [2.05, 4.69) is 4.98 Å². The molecule has 0 saturated heterocycles. The van der Waals surface area contributed by atoms with E-state index in [1.54, 1.807) is 11.9 Å². The minimum atomic E-state index is -0.0801. The van der Waals surface area contributed by atoms with Crippen LogP contribution in [0.2, 0.25) is 0 Å². The Morgan fingerprint density at radius 2 is 2.00 bits per heavy atom. The number of nitrogens with zero attached hydrogens (tertiary/aromatic N) is 2. The Bertz CT molecular complexity index is 420. The highest BCUT2D eigenvalue weighted by molar-refractivity contribution is 5.92. The molecule has 0 fully saturated rings. The lowest BCUT2D eigenvalue weighted by molar-refractivity contribution is 0.0734. The minimum absolute atomic E-state index is 0.0525. The van der Waals surface area contributed by atoms with Crippen LogP contribution >= 0.6 is 0 Å². The van der Waals surface area contributed by atoms with Gasteiger partial charge < -0.3 is 10.6 Å². The second-order valence-electron chi connectivity index (χ2n) is 5.70. The molecule has 1 amide bonds. The largest absolute Gasteiger partial charge is 0.340 e. The molecule has 0 saturated carbocycles. The molecule has 4 heteroatoms. The van der Waals surface area contributed by atoms with E-state index in [4.69, 9.17) is 5.73 Å². The van der Waals surface area contributed by atoms with Crippen molar-refractivity contribution in [1.29, 1.82) is 0 Å². The van der Waals surface area contributed by atoms with Gasteiger partial charge in [0.15, 0.2) is 0 Å². The number of amides is 1. The number of aryl methyl sites for hydroxylation is 2. The number of aromatic nitrogens is 1. The van der Waals surface area contributed by atoms with Crippen LogP contribution in [0.3, 0.4) is 0 Å². The fourth-order valence-electron chi connectivity index (χ4n) is 1.92. The van der Waals surface area contributed by atoms with E-state index in [1.165, 1.54) is 0 Å². The summed E-state index contributed by atoms with van der Waals surface area (Å²) in [4.78, 5) is 18.2. The highest BCUT2D eigenvalue weighted by Crippen LogP contribution is 2.15. The van der Waals surface area contributed by atoms with Crippen molar-refractivity contribution in [3.63, 3.8) is 0 Å². The highest BCUT2D eigenvalue weighted by atomic mass is 16.2. The molecule has 1 rings (SSSR count). The van der Waals surface area contributed by atoms with Crippen molar-refractivity contribution in [3.8, 4) is 0 Å². The van der Waals surface area contributed by atoms with Gasteiger partial charge in [-0.05, 0) is 43.5 Å². The lowest BCUT2D eigenvalue weighted by Gasteiger charge is -2.28. The number of nitrogens with two attached hydrogens (primary N) is 1. The molecule has 0 radical (unpaired) electrons. The van der Waals surface area contributed by atoms with Gasteiger partial charge in [-0.3, -0.25) is 4.79 Å². The third-order valence-electron chi connectivity index (χ3n) is 2.88. The minimum Gasteiger partial charge on any atom is -0.340 e. The maximum Gasteiger partial charge on any atom is 0.272 e. The van der Waals surface area contributed by atoms with Gasteiger partial charge in [0.1, 0.15) is 5.69 Å². The Kier molecular flexibility index (Phi) is 4.46. The zero-order chi connectivity index (χ0) is 13.9. The summed E-state index contributed by atoms with van der Waals surface area (Å²) in [5.41, 5.74) is 8.03. The molecule has 0 bridgehead atoms. The second-order valence-corrected chi connectivity index (χ2v) is 5.70. The van der Waals surface area contributed by atoms with Gasteiger partial charge in [-0.25, -0.2) is 4.98 Å². The van der Waals surface area contributed by atoms with Gasteiger partial charge >= 0.3 is 0 Å². The summed E-state index contributed by atoms with van der Waals surface area (Å²) in [6, 6.07) is 3.78. The monoisotopic (exact) mass is 249 g/mol. The van der Waals surface area contributed by atoms with Crippen molar-refractivity contribution in [2.24, 2.45) is 11.1 Å². The van der Waals surface area contributed by atoms with Crippen molar-refractivity contribution < 1.29 is 4.79 Å². The molecule has 1 heterocycles. The third-order valence-corrected chi connectivity index (χ3v) is 2.88. The molecule has 0 unspecified atom stereocenters. The van der Waals surface area contributed by atoms with Crippen LogP contribution in [0.1, 0.15) is 35.6 Å². The van der Waals surface area contributed by atoms with Crippen LogP contribution in [-0.2, 0) is 0 Å². The van der Waals surface area contributed by atoms with Gasteiger partial charge in [-0.1, -0.05) is 13.8 Å². The molecule has 0 aliphatic rings. The van der Waals surface area contributed by atoms with Gasteiger partial charge in [0.2, 0.25) is 0 Å². The molecule has 1 aromatic heterocycles. The van der Waals surface area contributed by atoms with Gasteiger partial charge in [0.25, 0.3) is 5.91 Å². The molecule has 100 valence electrons. The Morgan fingerprint density at radius 3 is 2.50 bits per heavy atom. The van der Waals surface area contributed by atoms with Crippen molar-refractivity contribution in [1.82, 2.24) is 9.88 Å². The summed E-state index contributed by atoms with van der Waals surface area (Å²) in [6.45, 7) is 9.13. The zero-order valence-electron chi connectivity index (χ0n) is 11.9. The summed E-state index contributed by atoms with van der Waals surface area (Å²) in [5.74, 6) is -0.0525. The van der Waals surface area contributed by atoms with E-state index < -0.39 is 0 Å². The standard InChI is InChI=1S/C14H23N3O/c1-10-6-11(2)16-12(7-10)13(18)17(5)9-14(3,4)8-15/h6-7H,8-9,15H2,1-5H3. The summed E-state index contributed by atoms with van der Waals surface area (Å²) in [5, 5.41) is 0. The fraction of sp³-hybridized carbons (Fsp3) is 0.571. The van der Waals surface area contributed by atoms with E-state index >= 15 is 0 Å². The summed E-state index contributed by atoms with van der Waals surface area (Å²) in [6.07, 6.45) is 0. The Balaban J connectivity index is 2.87. The van der Waals surface area contributed by atoms with Crippen LogP contribution in [0.5, 0.6) is 0 Å². The molecule has 18 heavy (non-hydrogen) atoms. The van der Waals surface area contributed by atoms with E-state index in [9.17, 15) is 4.79 Å². The van der Waals surface area contributed by atoms with E-state index in [0.717, 1.165) is 11.3 Å². The molecular formula is C14H23N3O. The predicted octanol–water partition coefficient (Wildman–Crippen LogP) is 1.76. The van der Waals surface area contributed by atoms with Crippen molar-refractivity contribution in [2.75, 3.05) is 20.1 Å². The first-order chi connectivity index (χ1) is 8.25. The molecular weight excluding hydrogens is 226 g/mol. The Morgan fingerprint density at radius 1 is 1.39 bits per heavy atom. The SMILES string of the molecule is Cc1cc(C)nc(C(=O)N(C)CC(C)(C)CN)c1. The first-order valence-corrected chi connectivity index (χ1v) is 6.16. The average Bonchev–Trinajstić information content (AvgIpc) is 2.26. The predicted molar refractivity (Wildman–Crippen MR) is 73.5 cm³/mol. The first-order valence-electron chi connectivity index (χ1n) is 6.16.